The number of alkyl halides is 3. The molecule has 1 aromatic heterocycles. The van der Waals surface area contributed by atoms with Crippen LogP contribution in [0.1, 0.15) is 60.3 Å². The third-order valence-corrected chi connectivity index (χ3v) is 7.27. The Kier molecular flexibility index (Phi) is 8.49. The van der Waals surface area contributed by atoms with Crippen LogP contribution in [0.15, 0.2) is 60.9 Å². The zero-order chi connectivity index (χ0) is 27.3. The number of carbonyl (C=O) groups excluding carboxylic acids is 1. The van der Waals surface area contributed by atoms with Gasteiger partial charge in [0, 0.05) is 30.1 Å². The fourth-order valence-corrected chi connectivity index (χ4v) is 5.33. The summed E-state index contributed by atoms with van der Waals surface area (Å²) in [5.41, 5.74) is 4.69. The van der Waals surface area contributed by atoms with Gasteiger partial charge in [-0.15, -0.1) is 0 Å². The standard InChI is InChI=1S/C30H31F3N2O3/c1-19-21(13-14-27(36)37)7-4-8-26(19)35-29(38)28(23-5-2-3-6-23)24-11-9-22(10-12-24)25-15-20(17-34-18-25)16-30(31,32)33/h4,7-12,15,17-18,23,28H,2-3,5-6,13-14,16H2,1H3,(H,35,38)(H,36,37)/t28-/m1/s1. The second kappa shape index (κ2) is 11.8. The Balaban J connectivity index is 1.56. The van der Waals surface area contributed by atoms with E-state index in [1.165, 1.54) is 18.5 Å². The van der Waals surface area contributed by atoms with Gasteiger partial charge in [-0.1, -0.05) is 49.2 Å². The largest absolute Gasteiger partial charge is 0.481 e. The summed E-state index contributed by atoms with van der Waals surface area (Å²) in [6, 6.07) is 14.4. The summed E-state index contributed by atoms with van der Waals surface area (Å²) in [6.45, 7) is 1.88. The molecule has 0 bridgehead atoms. The molecule has 4 rings (SSSR count). The van der Waals surface area contributed by atoms with Gasteiger partial charge in [0.05, 0.1) is 12.3 Å². The third-order valence-electron chi connectivity index (χ3n) is 7.27. The minimum atomic E-state index is -4.31. The summed E-state index contributed by atoms with van der Waals surface area (Å²) in [6.07, 6.45) is 1.85. The van der Waals surface area contributed by atoms with Crippen LogP contribution in [0.25, 0.3) is 11.1 Å². The van der Waals surface area contributed by atoms with Crippen LogP contribution in [-0.2, 0) is 22.4 Å². The average molecular weight is 525 g/mol. The molecule has 1 atom stereocenters. The normalized spacial score (nSPS) is 14.8. The predicted molar refractivity (Wildman–Crippen MR) is 140 cm³/mol. The van der Waals surface area contributed by atoms with Gasteiger partial charge >= 0.3 is 12.1 Å². The maximum absolute atomic E-state index is 13.6. The summed E-state index contributed by atoms with van der Waals surface area (Å²) in [7, 11) is 0. The number of carboxylic acid groups (broad SMARTS) is 1. The van der Waals surface area contributed by atoms with Gasteiger partial charge in [-0.3, -0.25) is 14.6 Å². The lowest BCUT2D eigenvalue weighted by molar-refractivity contribution is -0.137. The highest BCUT2D eigenvalue weighted by Gasteiger charge is 2.32. The van der Waals surface area contributed by atoms with Gasteiger partial charge in [0.1, 0.15) is 0 Å². The number of nitrogens with zero attached hydrogens (tertiary/aromatic N) is 1. The molecule has 1 aliphatic rings. The SMILES string of the molecule is Cc1c(CCC(=O)O)cccc1NC(=O)[C@@H](c1ccc(-c2cncc(CC(F)(F)F)c2)cc1)C1CCCC1. The second-order valence-corrected chi connectivity index (χ2v) is 9.99. The molecule has 3 aromatic rings. The fourth-order valence-electron chi connectivity index (χ4n) is 5.33. The van der Waals surface area contributed by atoms with Crippen molar-refractivity contribution in [3.63, 3.8) is 0 Å². The van der Waals surface area contributed by atoms with E-state index in [4.69, 9.17) is 5.11 Å². The molecule has 0 radical (unpaired) electrons. The first-order valence-corrected chi connectivity index (χ1v) is 12.8. The van der Waals surface area contributed by atoms with Crippen LogP contribution in [0.3, 0.4) is 0 Å². The minimum Gasteiger partial charge on any atom is -0.481 e. The molecule has 0 aliphatic heterocycles. The predicted octanol–water partition coefficient (Wildman–Crippen LogP) is 7.09. The first kappa shape index (κ1) is 27.4. The molecule has 2 aromatic carbocycles. The van der Waals surface area contributed by atoms with E-state index in [1.807, 2.05) is 49.4 Å². The second-order valence-electron chi connectivity index (χ2n) is 9.99. The molecule has 1 aliphatic carbocycles. The molecule has 0 spiro atoms. The molecular weight excluding hydrogens is 493 g/mol. The zero-order valence-corrected chi connectivity index (χ0v) is 21.2. The number of nitrogens with one attached hydrogen (secondary N) is 1. The van der Waals surface area contributed by atoms with Crippen LogP contribution in [0, 0.1) is 12.8 Å². The van der Waals surface area contributed by atoms with E-state index in [0.29, 0.717) is 17.7 Å². The number of amides is 1. The van der Waals surface area contributed by atoms with E-state index >= 15 is 0 Å². The zero-order valence-electron chi connectivity index (χ0n) is 21.2. The van der Waals surface area contributed by atoms with Crippen molar-refractivity contribution in [3.8, 4) is 11.1 Å². The number of benzene rings is 2. The number of aliphatic carboxylic acids is 1. The Bertz CT molecular complexity index is 1280. The van der Waals surface area contributed by atoms with Crippen LogP contribution >= 0.6 is 0 Å². The van der Waals surface area contributed by atoms with Crippen molar-refractivity contribution in [1.29, 1.82) is 0 Å². The summed E-state index contributed by atoms with van der Waals surface area (Å²) >= 11 is 0. The van der Waals surface area contributed by atoms with E-state index in [9.17, 15) is 22.8 Å². The Morgan fingerprint density at radius 2 is 1.76 bits per heavy atom. The number of hydrogen-bond acceptors (Lipinski definition) is 3. The average Bonchev–Trinajstić information content (AvgIpc) is 3.38. The smallest absolute Gasteiger partial charge is 0.393 e. The van der Waals surface area contributed by atoms with Gasteiger partial charge in [0.25, 0.3) is 0 Å². The number of aromatic nitrogens is 1. The number of carboxylic acids is 1. The highest BCUT2D eigenvalue weighted by Crippen LogP contribution is 2.39. The Labute approximate surface area is 220 Å². The summed E-state index contributed by atoms with van der Waals surface area (Å²) in [4.78, 5) is 28.6. The van der Waals surface area contributed by atoms with Crippen molar-refractivity contribution in [3.05, 3.63) is 83.2 Å². The van der Waals surface area contributed by atoms with Crippen molar-refractivity contribution >= 4 is 17.6 Å². The highest BCUT2D eigenvalue weighted by molar-refractivity contribution is 5.97. The van der Waals surface area contributed by atoms with Crippen LogP contribution in [0.4, 0.5) is 18.9 Å². The van der Waals surface area contributed by atoms with Crippen molar-refractivity contribution in [1.82, 2.24) is 4.98 Å². The van der Waals surface area contributed by atoms with Crippen molar-refractivity contribution < 1.29 is 27.9 Å². The molecule has 8 heteroatoms. The molecule has 0 unspecified atom stereocenters. The van der Waals surface area contributed by atoms with Gasteiger partial charge in [-0.05, 0) is 72.1 Å². The quantitative estimate of drug-likeness (QED) is 0.313. The third kappa shape index (κ3) is 7.00. The number of carbonyl (C=O) groups is 2. The lowest BCUT2D eigenvalue weighted by Crippen LogP contribution is -2.27. The molecule has 0 saturated heterocycles. The van der Waals surface area contributed by atoms with Gasteiger partial charge in [0.15, 0.2) is 0 Å². The topological polar surface area (TPSA) is 79.3 Å². The number of anilines is 1. The van der Waals surface area contributed by atoms with Crippen LogP contribution in [0.5, 0.6) is 0 Å². The lowest BCUT2D eigenvalue weighted by atomic mass is 9.83. The van der Waals surface area contributed by atoms with E-state index in [0.717, 1.165) is 47.9 Å². The Morgan fingerprint density at radius 1 is 1.05 bits per heavy atom. The molecule has 5 nitrogen and oxygen atoms in total. The molecule has 38 heavy (non-hydrogen) atoms. The van der Waals surface area contributed by atoms with Crippen molar-refractivity contribution in [2.24, 2.45) is 5.92 Å². The van der Waals surface area contributed by atoms with Gasteiger partial charge in [-0.25, -0.2) is 0 Å². The Morgan fingerprint density at radius 3 is 2.42 bits per heavy atom. The van der Waals surface area contributed by atoms with Crippen LogP contribution in [-0.4, -0.2) is 28.1 Å². The molecule has 1 heterocycles. The number of pyridine rings is 1. The molecule has 200 valence electrons. The van der Waals surface area contributed by atoms with Gasteiger partial charge in [-0.2, -0.15) is 13.2 Å². The first-order chi connectivity index (χ1) is 18.1. The van der Waals surface area contributed by atoms with Gasteiger partial charge in [0.2, 0.25) is 5.91 Å². The van der Waals surface area contributed by atoms with E-state index in [2.05, 4.69) is 10.3 Å². The number of halogens is 3. The lowest BCUT2D eigenvalue weighted by Gasteiger charge is -2.24. The van der Waals surface area contributed by atoms with Gasteiger partial charge < -0.3 is 10.4 Å². The summed E-state index contributed by atoms with van der Waals surface area (Å²) < 4.78 is 38.5. The molecule has 2 N–H and O–H groups in total. The molecule has 1 amide bonds. The summed E-state index contributed by atoms with van der Waals surface area (Å²) in [5, 5.41) is 12.1. The number of rotatable bonds is 9. The molecule has 1 fully saturated rings. The molecule has 1 saturated carbocycles. The first-order valence-electron chi connectivity index (χ1n) is 12.8. The van der Waals surface area contributed by atoms with Crippen LogP contribution in [0.2, 0.25) is 0 Å². The van der Waals surface area contributed by atoms with Crippen LogP contribution < -0.4 is 5.32 Å². The molecular formula is C30H31F3N2O3. The fraction of sp³-hybridized carbons (Fsp3) is 0.367. The maximum atomic E-state index is 13.6. The van der Waals surface area contributed by atoms with Crippen molar-refractivity contribution in [2.45, 2.75) is 64.0 Å². The van der Waals surface area contributed by atoms with E-state index < -0.39 is 18.6 Å². The monoisotopic (exact) mass is 524 g/mol. The summed E-state index contributed by atoms with van der Waals surface area (Å²) in [5.74, 6) is -1.17. The minimum absolute atomic E-state index is 0.0178. The number of aryl methyl sites for hydroxylation is 1. The maximum Gasteiger partial charge on any atom is 0.393 e. The Hall–Kier alpha value is -3.68. The highest BCUT2D eigenvalue weighted by atomic mass is 19.4. The number of hydrogen-bond donors (Lipinski definition) is 2. The van der Waals surface area contributed by atoms with E-state index in [1.54, 1.807) is 0 Å². The van der Waals surface area contributed by atoms with Crippen molar-refractivity contribution in [2.75, 3.05) is 5.32 Å². The van der Waals surface area contributed by atoms with E-state index in [-0.39, 0.29) is 29.7 Å².